The van der Waals surface area contributed by atoms with E-state index >= 15 is 0 Å². The normalized spacial score (nSPS) is 11.6. The number of amides is 1. The zero-order chi connectivity index (χ0) is 19.8. The molecule has 0 radical (unpaired) electrons. The van der Waals surface area contributed by atoms with E-state index in [4.69, 9.17) is 0 Å². The maximum absolute atomic E-state index is 12.6. The number of hydrogen-bond acceptors (Lipinski definition) is 2. The average molecular weight is 496 g/mol. The molecule has 0 spiro atoms. The second-order valence-corrected chi connectivity index (χ2v) is 6.46. The van der Waals surface area contributed by atoms with Crippen LogP contribution < -0.4 is 16.0 Å². The van der Waals surface area contributed by atoms with Crippen molar-refractivity contribution in [3.05, 3.63) is 35.4 Å². The van der Waals surface area contributed by atoms with E-state index in [1.807, 2.05) is 20.8 Å². The second-order valence-electron chi connectivity index (χ2n) is 6.46. The fraction of sp³-hybridized carbons (Fsp3) is 0.444. The number of benzene rings is 1. The number of nitrogens with one attached hydrogen (secondary N) is 3. The summed E-state index contributed by atoms with van der Waals surface area (Å²) in [6.07, 6.45) is -4.39. The van der Waals surface area contributed by atoms with Gasteiger partial charge in [0.2, 0.25) is 5.91 Å². The lowest BCUT2D eigenvalue weighted by Crippen LogP contribution is -2.48. The molecule has 150 valence electrons. The number of alkyl halides is 3. The van der Waals surface area contributed by atoms with Crippen molar-refractivity contribution >= 4 is 35.8 Å². The van der Waals surface area contributed by atoms with Crippen LogP contribution in [-0.2, 0) is 11.0 Å². The van der Waals surface area contributed by atoms with Gasteiger partial charge in [0.25, 0.3) is 0 Å². The minimum atomic E-state index is -4.39. The molecule has 9 heteroatoms. The van der Waals surface area contributed by atoms with Crippen molar-refractivity contribution in [1.82, 2.24) is 16.0 Å². The van der Waals surface area contributed by atoms with Gasteiger partial charge in [-0.05, 0) is 39.0 Å². The highest BCUT2D eigenvalue weighted by molar-refractivity contribution is 14.0. The first-order valence-electron chi connectivity index (χ1n) is 7.93. The summed E-state index contributed by atoms with van der Waals surface area (Å²) in [4.78, 5) is 15.7. The molecule has 1 aromatic rings. The van der Waals surface area contributed by atoms with E-state index in [-0.39, 0.29) is 54.1 Å². The van der Waals surface area contributed by atoms with Crippen LogP contribution in [0.2, 0.25) is 0 Å². The van der Waals surface area contributed by atoms with Crippen LogP contribution in [-0.4, -0.2) is 37.5 Å². The Kier molecular flexibility index (Phi) is 10.2. The van der Waals surface area contributed by atoms with Crippen LogP contribution in [0.5, 0.6) is 0 Å². The maximum atomic E-state index is 12.6. The number of hydrogen-bond donors (Lipinski definition) is 3. The highest BCUT2D eigenvalue weighted by atomic mass is 127. The SMILES string of the molecule is CN=C(NCC#Cc1cccc(C(F)(F)F)c1)NCC(=O)NC(C)(C)C.I. The Hall–Kier alpha value is -1.96. The number of rotatable bonds is 3. The van der Waals surface area contributed by atoms with Crippen molar-refractivity contribution in [2.24, 2.45) is 4.99 Å². The Morgan fingerprint density at radius 2 is 1.85 bits per heavy atom. The van der Waals surface area contributed by atoms with E-state index in [0.717, 1.165) is 12.1 Å². The maximum Gasteiger partial charge on any atom is 0.416 e. The smallest absolute Gasteiger partial charge is 0.350 e. The zero-order valence-corrected chi connectivity index (χ0v) is 18.0. The third kappa shape index (κ3) is 10.7. The summed E-state index contributed by atoms with van der Waals surface area (Å²) in [5, 5.41) is 8.50. The van der Waals surface area contributed by atoms with Gasteiger partial charge < -0.3 is 16.0 Å². The van der Waals surface area contributed by atoms with E-state index in [1.165, 1.54) is 19.2 Å². The van der Waals surface area contributed by atoms with Crippen LogP contribution in [0, 0.1) is 11.8 Å². The molecular formula is C18H24F3IN4O. The van der Waals surface area contributed by atoms with Crippen LogP contribution in [0.4, 0.5) is 13.2 Å². The van der Waals surface area contributed by atoms with Gasteiger partial charge in [0.15, 0.2) is 5.96 Å². The quantitative estimate of drug-likeness (QED) is 0.261. The molecule has 0 saturated carbocycles. The number of nitrogens with zero attached hydrogens (tertiary/aromatic N) is 1. The summed E-state index contributed by atoms with van der Waals surface area (Å²) >= 11 is 0. The summed E-state index contributed by atoms with van der Waals surface area (Å²) in [7, 11) is 1.54. The van der Waals surface area contributed by atoms with Gasteiger partial charge in [-0.1, -0.05) is 17.9 Å². The first kappa shape index (κ1) is 25.0. The molecular weight excluding hydrogens is 472 g/mol. The van der Waals surface area contributed by atoms with Crippen LogP contribution in [0.1, 0.15) is 31.9 Å². The Labute approximate surface area is 174 Å². The Balaban J connectivity index is 0.00000676. The summed E-state index contributed by atoms with van der Waals surface area (Å²) in [6, 6.07) is 4.81. The molecule has 1 amide bonds. The predicted octanol–water partition coefficient (Wildman–Crippen LogP) is 2.75. The molecule has 5 nitrogen and oxygen atoms in total. The van der Waals surface area contributed by atoms with Gasteiger partial charge in [0, 0.05) is 18.2 Å². The van der Waals surface area contributed by atoms with Crippen LogP contribution in [0.15, 0.2) is 29.3 Å². The van der Waals surface area contributed by atoms with E-state index < -0.39 is 11.7 Å². The molecule has 3 N–H and O–H groups in total. The van der Waals surface area contributed by atoms with Gasteiger partial charge in [-0.25, -0.2) is 0 Å². The molecule has 0 aromatic heterocycles. The van der Waals surface area contributed by atoms with Crippen LogP contribution in [0.25, 0.3) is 0 Å². The van der Waals surface area contributed by atoms with Crippen LogP contribution >= 0.6 is 24.0 Å². The van der Waals surface area contributed by atoms with E-state index in [2.05, 4.69) is 32.8 Å². The molecule has 27 heavy (non-hydrogen) atoms. The van der Waals surface area contributed by atoms with E-state index in [9.17, 15) is 18.0 Å². The lowest BCUT2D eigenvalue weighted by atomic mass is 10.1. The fourth-order valence-corrected chi connectivity index (χ4v) is 1.89. The molecule has 0 atom stereocenters. The molecule has 0 aliphatic rings. The molecule has 1 aromatic carbocycles. The molecule has 1 rings (SSSR count). The van der Waals surface area contributed by atoms with Crippen molar-refractivity contribution in [2.45, 2.75) is 32.5 Å². The van der Waals surface area contributed by atoms with Gasteiger partial charge in [-0.3, -0.25) is 9.79 Å². The average Bonchev–Trinajstić information content (AvgIpc) is 2.52. The topological polar surface area (TPSA) is 65.5 Å². The Morgan fingerprint density at radius 3 is 2.41 bits per heavy atom. The summed E-state index contributed by atoms with van der Waals surface area (Å²) in [6.45, 7) is 5.83. The number of aliphatic imine (C=N–C) groups is 1. The predicted molar refractivity (Wildman–Crippen MR) is 111 cm³/mol. The third-order valence-electron chi connectivity index (χ3n) is 2.92. The molecule has 0 bridgehead atoms. The number of carbonyl (C=O) groups excluding carboxylic acids is 1. The largest absolute Gasteiger partial charge is 0.416 e. The Bertz CT molecular complexity index is 716. The first-order chi connectivity index (χ1) is 12.0. The molecule has 0 aliphatic carbocycles. The molecule has 0 heterocycles. The van der Waals surface area contributed by atoms with E-state index in [0.29, 0.717) is 5.96 Å². The summed E-state index contributed by atoms with van der Waals surface area (Å²) in [5.41, 5.74) is -0.791. The van der Waals surface area contributed by atoms with Gasteiger partial charge in [-0.2, -0.15) is 13.2 Å². The zero-order valence-electron chi connectivity index (χ0n) is 15.6. The third-order valence-corrected chi connectivity index (χ3v) is 2.92. The minimum absolute atomic E-state index is 0. The number of guanidine groups is 1. The standard InChI is InChI=1S/C18H23F3N4O.HI/c1-17(2,3)25-15(26)12-24-16(22-4)23-10-6-8-13-7-5-9-14(11-13)18(19,20)21;/h5,7,9,11H,10,12H2,1-4H3,(H,25,26)(H2,22,23,24);1H. The van der Waals surface area contributed by atoms with Gasteiger partial charge in [-0.15, -0.1) is 24.0 Å². The highest BCUT2D eigenvalue weighted by Gasteiger charge is 2.30. The summed E-state index contributed by atoms with van der Waals surface area (Å²) in [5.74, 6) is 5.56. The minimum Gasteiger partial charge on any atom is -0.350 e. The van der Waals surface area contributed by atoms with E-state index in [1.54, 1.807) is 0 Å². The number of halogens is 4. The lowest BCUT2D eigenvalue weighted by molar-refractivity contribution is -0.137. The number of carbonyl (C=O) groups is 1. The lowest BCUT2D eigenvalue weighted by Gasteiger charge is -2.21. The first-order valence-corrected chi connectivity index (χ1v) is 7.93. The van der Waals surface area contributed by atoms with Crippen molar-refractivity contribution in [3.63, 3.8) is 0 Å². The van der Waals surface area contributed by atoms with Crippen molar-refractivity contribution in [3.8, 4) is 11.8 Å². The van der Waals surface area contributed by atoms with Crippen LogP contribution in [0.3, 0.4) is 0 Å². The van der Waals surface area contributed by atoms with Crippen molar-refractivity contribution < 1.29 is 18.0 Å². The summed E-state index contributed by atoms with van der Waals surface area (Å²) < 4.78 is 37.9. The highest BCUT2D eigenvalue weighted by Crippen LogP contribution is 2.29. The molecule has 0 aliphatic heterocycles. The Morgan fingerprint density at radius 1 is 1.19 bits per heavy atom. The molecule has 0 unspecified atom stereocenters. The monoisotopic (exact) mass is 496 g/mol. The second kappa shape index (κ2) is 11.0. The molecule has 0 fully saturated rings. The van der Waals surface area contributed by atoms with Gasteiger partial charge in [0.05, 0.1) is 18.7 Å². The van der Waals surface area contributed by atoms with Crippen molar-refractivity contribution in [1.29, 1.82) is 0 Å². The van der Waals surface area contributed by atoms with Crippen molar-refractivity contribution in [2.75, 3.05) is 20.1 Å². The molecule has 0 saturated heterocycles. The van der Waals surface area contributed by atoms with Gasteiger partial charge in [0.1, 0.15) is 0 Å². The van der Waals surface area contributed by atoms with Gasteiger partial charge >= 0.3 is 6.18 Å². The fourth-order valence-electron chi connectivity index (χ4n) is 1.89.